The Kier molecular flexibility index (Phi) is 6.05. The van der Waals surface area contributed by atoms with Gasteiger partial charge in [-0.25, -0.2) is 0 Å². The van der Waals surface area contributed by atoms with Crippen LogP contribution in [0.4, 0.5) is 17.1 Å². The summed E-state index contributed by atoms with van der Waals surface area (Å²) < 4.78 is 28.2. The molecule has 0 aliphatic carbocycles. The summed E-state index contributed by atoms with van der Waals surface area (Å²) in [6.45, 7) is 2.21. The standard InChI is InChI=1S/C22H21ClN4O4S/c1-14(28)25-20-5-2-4-17-19(11-10-18(23)21(17)20)26-22(29)15-6-8-16(9-7-15)27-13-3-12-24-32(27,30)31/h2,4-11,24H,3,12-13H2,1H3,(H,25,28)(H,26,29). The molecule has 0 unspecified atom stereocenters. The highest BCUT2D eigenvalue weighted by Gasteiger charge is 2.25. The van der Waals surface area contributed by atoms with Gasteiger partial charge in [-0.1, -0.05) is 23.7 Å². The number of carbonyl (C=O) groups excluding carboxylic acids is 2. The lowest BCUT2D eigenvalue weighted by Crippen LogP contribution is -2.47. The van der Waals surface area contributed by atoms with E-state index in [0.717, 1.165) is 0 Å². The normalized spacial score (nSPS) is 15.4. The molecule has 32 heavy (non-hydrogen) atoms. The van der Waals surface area contributed by atoms with Crippen molar-refractivity contribution in [1.29, 1.82) is 0 Å². The topological polar surface area (TPSA) is 108 Å². The van der Waals surface area contributed by atoms with Gasteiger partial charge in [0.05, 0.1) is 16.4 Å². The Morgan fingerprint density at radius 3 is 2.44 bits per heavy atom. The predicted octanol–water partition coefficient (Wildman–Crippen LogP) is 3.75. The van der Waals surface area contributed by atoms with Crippen molar-refractivity contribution in [2.24, 2.45) is 0 Å². The molecule has 2 amide bonds. The lowest BCUT2D eigenvalue weighted by Gasteiger charge is -2.28. The summed E-state index contributed by atoms with van der Waals surface area (Å²) in [7, 11) is -3.56. The third kappa shape index (κ3) is 4.40. The molecule has 3 N–H and O–H groups in total. The molecule has 1 aliphatic rings. The van der Waals surface area contributed by atoms with Gasteiger partial charge in [-0.15, -0.1) is 0 Å². The second kappa shape index (κ2) is 8.78. The first-order chi connectivity index (χ1) is 15.3. The van der Waals surface area contributed by atoms with Gasteiger partial charge in [0.15, 0.2) is 0 Å². The van der Waals surface area contributed by atoms with Gasteiger partial charge in [-0.2, -0.15) is 13.1 Å². The molecule has 4 rings (SSSR count). The van der Waals surface area contributed by atoms with Crippen molar-refractivity contribution in [3.05, 3.63) is 65.2 Å². The Morgan fingerprint density at radius 2 is 1.75 bits per heavy atom. The van der Waals surface area contributed by atoms with E-state index in [0.29, 0.717) is 57.9 Å². The fourth-order valence-electron chi connectivity index (χ4n) is 3.63. The number of hydrogen-bond donors (Lipinski definition) is 3. The van der Waals surface area contributed by atoms with Crippen LogP contribution in [0.25, 0.3) is 10.8 Å². The molecular weight excluding hydrogens is 452 g/mol. The zero-order valence-electron chi connectivity index (χ0n) is 17.2. The largest absolute Gasteiger partial charge is 0.326 e. The van der Waals surface area contributed by atoms with Gasteiger partial charge in [0, 0.05) is 42.0 Å². The molecule has 166 valence electrons. The first-order valence-electron chi connectivity index (χ1n) is 9.94. The number of amides is 2. The number of hydrogen-bond acceptors (Lipinski definition) is 4. The molecule has 0 spiro atoms. The average Bonchev–Trinajstić information content (AvgIpc) is 2.75. The van der Waals surface area contributed by atoms with E-state index < -0.39 is 10.2 Å². The number of nitrogens with zero attached hydrogens (tertiary/aromatic N) is 1. The first-order valence-corrected chi connectivity index (χ1v) is 11.8. The molecule has 1 heterocycles. The van der Waals surface area contributed by atoms with Gasteiger partial charge in [0.1, 0.15) is 0 Å². The van der Waals surface area contributed by atoms with Crippen LogP contribution in [-0.4, -0.2) is 33.3 Å². The SMILES string of the molecule is CC(=O)Nc1cccc2c(NC(=O)c3ccc(N4CCCNS4(=O)=O)cc3)ccc(Cl)c12. The Bertz CT molecular complexity index is 1310. The zero-order chi connectivity index (χ0) is 22.9. The molecule has 1 aliphatic heterocycles. The maximum Gasteiger partial charge on any atom is 0.301 e. The second-order valence-electron chi connectivity index (χ2n) is 7.33. The van der Waals surface area contributed by atoms with Gasteiger partial charge < -0.3 is 10.6 Å². The maximum absolute atomic E-state index is 12.9. The highest BCUT2D eigenvalue weighted by atomic mass is 35.5. The zero-order valence-corrected chi connectivity index (χ0v) is 18.8. The molecule has 10 heteroatoms. The second-order valence-corrected chi connectivity index (χ2v) is 9.42. The van der Waals surface area contributed by atoms with Crippen molar-refractivity contribution in [2.45, 2.75) is 13.3 Å². The van der Waals surface area contributed by atoms with E-state index >= 15 is 0 Å². The van der Waals surface area contributed by atoms with Gasteiger partial charge in [-0.05, 0) is 48.9 Å². The molecule has 0 radical (unpaired) electrons. The van der Waals surface area contributed by atoms with E-state index in [9.17, 15) is 18.0 Å². The average molecular weight is 473 g/mol. The molecule has 1 fully saturated rings. The number of carbonyl (C=O) groups is 2. The van der Waals surface area contributed by atoms with Crippen molar-refractivity contribution in [2.75, 3.05) is 28.0 Å². The molecule has 0 saturated carbocycles. The van der Waals surface area contributed by atoms with Crippen LogP contribution >= 0.6 is 11.6 Å². The minimum atomic E-state index is -3.56. The van der Waals surface area contributed by atoms with Gasteiger partial charge in [0.2, 0.25) is 5.91 Å². The maximum atomic E-state index is 12.9. The summed E-state index contributed by atoms with van der Waals surface area (Å²) in [5.74, 6) is -0.584. The molecule has 3 aromatic carbocycles. The van der Waals surface area contributed by atoms with Crippen molar-refractivity contribution < 1.29 is 18.0 Å². The quantitative estimate of drug-likeness (QED) is 0.537. The van der Waals surface area contributed by atoms with Gasteiger partial charge >= 0.3 is 10.2 Å². The Labute approximate surface area is 190 Å². The van der Waals surface area contributed by atoms with E-state index in [4.69, 9.17) is 11.6 Å². The van der Waals surface area contributed by atoms with Crippen molar-refractivity contribution >= 4 is 61.5 Å². The van der Waals surface area contributed by atoms with Crippen LogP contribution in [0.2, 0.25) is 5.02 Å². The third-order valence-electron chi connectivity index (χ3n) is 5.08. The highest BCUT2D eigenvalue weighted by Crippen LogP contribution is 2.35. The van der Waals surface area contributed by atoms with E-state index in [1.165, 1.54) is 11.2 Å². The van der Waals surface area contributed by atoms with Crippen LogP contribution in [0.3, 0.4) is 0 Å². The lowest BCUT2D eigenvalue weighted by atomic mass is 10.1. The van der Waals surface area contributed by atoms with Gasteiger partial charge in [-0.3, -0.25) is 13.9 Å². The number of fused-ring (bicyclic) bond motifs is 1. The lowest BCUT2D eigenvalue weighted by molar-refractivity contribution is -0.114. The van der Waals surface area contributed by atoms with E-state index in [1.54, 1.807) is 54.6 Å². The van der Waals surface area contributed by atoms with Gasteiger partial charge in [0.25, 0.3) is 5.91 Å². The molecule has 1 saturated heterocycles. The smallest absolute Gasteiger partial charge is 0.301 e. The number of anilines is 3. The van der Waals surface area contributed by atoms with E-state index in [1.807, 2.05) is 0 Å². The minimum Gasteiger partial charge on any atom is -0.326 e. The Balaban J connectivity index is 1.60. The van der Waals surface area contributed by atoms with Crippen molar-refractivity contribution in [1.82, 2.24) is 4.72 Å². The molecule has 0 atom stereocenters. The van der Waals surface area contributed by atoms with Crippen LogP contribution in [-0.2, 0) is 15.0 Å². The van der Waals surface area contributed by atoms with Crippen LogP contribution in [0.15, 0.2) is 54.6 Å². The van der Waals surface area contributed by atoms with Crippen molar-refractivity contribution in [3.8, 4) is 0 Å². The summed E-state index contributed by atoms with van der Waals surface area (Å²) in [6.07, 6.45) is 0.700. The number of halogens is 1. The Morgan fingerprint density at radius 1 is 1.00 bits per heavy atom. The molecule has 0 bridgehead atoms. The highest BCUT2D eigenvalue weighted by molar-refractivity contribution is 7.90. The summed E-state index contributed by atoms with van der Waals surface area (Å²) in [5.41, 5.74) is 1.95. The first kappa shape index (κ1) is 22.1. The van der Waals surface area contributed by atoms with Crippen LogP contribution in [0, 0.1) is 0 Å². The number of rotatable bonds is 4. The molecular formula is C22H21ClN4O4S. The molecule has 3 aromatic rings. The van der Waals surface area contributed by atoms with Crippen LogP contribution < -0.4 is 19.7 Å². The van der Waals surface area contributed by atoms with E-state index in [-0.39, 0.29) is 11.8 Å². The summed E-state index contributed by atoms with van der Waals surface area (Å²) in [4.78, 5) is 24.4. The Hall–Kier alpha value is -3.14. The summed E-state index contributed by atoms with van der Waals surface area (Å²) >= 11 is 6.36. The minimum absolute atomic E-state index is 0.228. The van der Waals surface area contributed by atoms with E-state index in [2.05, 4.69) is 15.4 Å². The fraction of sp³-hybridized carbons (Fsp3) is 0.182. The third-order valence-corrected chi connectivity index (χ3v) is 6.94. The molecule has 8 nitrogen and oxygen atoms in total. The summed E-state index contributed by atoms with van der Waals surface area (Å²) in [5, 5.41) is 7.37. The number of nitrogens with one attached hydrogen (secondary N) is 3. The van der Waals surface area contributed by atoms with Crippen molar-refractivity contribution in [3.63, 3.8) is 0 Å². The number of benzene rings is 3. The molecule has 0 aromatic heterocycles. The monoisotopic (exact) mass is 472 g/mol. The summed E-state index contributed by atoms with van der Waals surface area (Å²) in [6, 6.07) is 15.0. The van der Waals surface area contributed by atoms with Crippen LogP contribution in [0.1, 0.15) is 23.7 Å². The predicted molar refractivity (Wildman–Crippen MR) is 127 cm³/mol. The van der Waals surface area contributed by atoms with Crippen LogP contribution in [0.5, 0.6) is 0 Å². The fourth-order valence-corrected chi connectivity index (χ4v) is 5.22.